The molecule has 0 heterocycles. The molecule has 1 amide bonds. The molecule has 0 aliphatic rings. The van der Waals surface area contributed by atoms with E-state index in [1.54, 1.807) is 42.5 Å². The molecule has 4 aromatic rings. The molecule has 10 heteroatoms. The Kier molecular flexibility index (Phi) is 8.89. The first-order valence-corrected chi connectivity index (χ1v) is 14.0. The Hall–Kier alpha value is -2.88. The van der Waals surface area contributed by atoms with Crippen LogP contribution in [0.2, 0.25) is 10.0 Å². The summed E-state index contributed by atoms with van der Waals surface area (Å²) in [6.07, 6.45) is 0. The van der Waals surface area contributed by atoms with Crippen LogP contribution in [-0.4, -0.2) is 25.2 Å². The number of anilines is 1. The van der Waals surface area contributed by atoms with Crippen LogP contribution in [0.5, 0.6) is 11.5 Å². The summed E-state index contributed by atoms with van der Waals surface area (Å²) in [5.41, 5.74) is 1.03. The van der Waals surface area contributed by atoms with E-state index in [2.05, 4.69) is 21.2 Å². The number of hydrogen-bond acceptors (Lipinski definition) is 4. The molecule has 0 saturated carbocycles. The first kappa shape index (κ1) is 27.2. The SMILES string of the molecule is O=C(CN(Cc1ccc(Br)cc1)S(=O)(=O)c1ccc(Cl)cc1)Nc1cc(Cl)ccc1Oc1ccccc1. The minimum absolute atomic E-state index is 0.0193. The predicted molar refractivity (Wildman–Crippen MR) is 150 cm³/mol. The number of sulfonamides is 1. The van der Waals surface area contributed by atoms with Gasteiger partial charge in [0.2, 0.25) is 15.9 Å². The molecule has 0 radical (unpaired) electrons. The maximum atomic E-state index is 13.5. The van der Waals surface area contributed by atoms with Gasteiger partial charge in [0.05, 0.1) is 17.1 Å². The van der Waals surface area contributed by atoms with E-state index in [1.807, 2.05) is 30.3 Å². The van der Waals surface area contributed by atoms with Crippen LogP contribution in [0.15, 0.2) is 106 Å². The van der Waals surface area contributed by atoms with Crippen molar-refractivity contribution in [2.24, 2.45) is 0 Å². The van der Waals surface area contributed by atoms with E-state index in [0.717, 1.165) is 8.78 Å². The number of carbonyl (C=O) groups excluding carboxylic acids is 1. The fourth-order valence-electron chi connectivity index (χ4n) is 3.43. The number of ether oxygens (including phenoxy) is 1. The van der Waals surface area contributed by atoms with E-state index in [9.17, 15) is 13.2 Å². The molecule has 4 rings (SSSR count). The Morgan fingerprint density at radius 1 is 0.865 bits per heavy atom. The number of amides is 1. The number of hydrogen-bond donors (Lipinski definition) is 1. The minimum Gasteiger partial charge on any atom is -0.455 e. The van der Waals surface area contributed by atoms with Crippen molar-refractivity contribution in [1.29, 1.82) is 0 Å². The highest BCUT2D eigenvalue weighted by Gasteiger charge is 2.27. The van der Waals surface area contributed by atoms with Crippen LogP contribution < -0.4 is 10.1 Å². The summed E-state index contributed by atoms with van der Waals surface area (Å²) < 4.78 is 34.9. The second-order valence-corrected chi connectivity index (χ2v) is 11.7. The van der Waals surface area contributed by atoms with Crippen molar-refractivity contribution < 1.29 is 17.9 Å². The fraction of sp³-hybridized carbons (Fsp3) is 0.0741. The average molecular weight is 620 g/mol. The van der Waals surface area contributed by atoms with E-state index in [1.165, 1.54) is 24.3 Å². The van der Waals surface area contributed by atoms with Gasteiger partial charge in [0.1, 0.15) is 5.75 Å². The zero-order chi connectivity index (χ0) is 26.4. The van der Waals surface area contributed by atoms with Crippen molar-refractivity contribution in [2.45, 2.75) is 11.4 Å². The second kappa shape index (κ2) is 12.1. The normalized spacial score (nSPS) is 11.4. The molecule has 4 aromatic carbocycles. The third kappa shape index (κ3) is 7.34. The van der Waals surface area contributed by atoms with E-state index >= 15 is 0 Å². The van der Waals surface area contributed by atoms with Crippen LogP contribution in [0.1, 0.15) is 5.56 Å². The Balaban J connectivity index is 1.60. The summed E-state index contributed by atoms with van der Waals surface area (Å²) in [4.78, 5) is 13.2. The summed E-state index contributed by atoms with van der Waals surface area (Å²) in [5.74, 6) is 0.376. The molecule has 0 bridgehead atoms. The zero-order valence-corrected chi connectivity index (χ0v) is 23.2. The molecular formula is C27H21BrCl2N2O4S. The standard InChI is InChI=1S/C27H21BrCl2N2O4S/c28-20-8-6-19(7-9-20)17-32(37(34,35)24-13-10-21(29)11-14-24)18-27(33)31-25-16-22(30)12-15-26(25)36-23-4-2-1-3-5-23/h1-16H,17-18H2,(H,31,33). The molecular weight excluding hydrogens is 599 g/mol. The van der Waals surface area contributed by atoms with Gasteiger partial charge in [0.15, 0.2) is 5.75 Å². The van der Waals surface area contributed by atoms with Crippen molar-refractivity contribution in [1.82, 2.24) is 4.31 Å². The van der Waals surface area contributed by atoms with Gasteiger partial charge in [-0.05, 0) is 72.3 Å². The number of carbonyl (C=O) groups is 1. The van der Waals surface area contributed by atoms with Gasteiger partial charge in [-0.2, -0.15) is 4.31 Å². The molecule has 0 atom stereocenters. The Labute approximate surface area is 234 Å². The molecule has 0 spiro atoms. The predicted octanol–water partition coefficient (Wildman–Crippen LogP) is 7.38. The van der Waals surface area contributed by atoms with Gasteiger partial charge in [-0.3, -0.25) is 4.79 Å². The Morgan fingerprint density at radius 3 is 2.19 bits per heavy atom. The summed E-state index contributed by atoms with van der Waals surface area (Å²) in [6.45, 7) is -0.465. The number of nitrogens with one attached hydrogen (secondary N) is 1. The van der Waals surface area contributed by atoms with Crippen molar-refractivity contribution in [2.75, 3.05) is 11.9 Å². The number of nitrogens with zero attached hydrogens (tertiary/aromatic N) is 1. The Bertz CT molecular complexity index is 1480. The van der Waals surface area contributed by atoms with E-state index < -0.39 is 22.5 Å². The van der Waals surface area contributed by atoms with Gasteiger partial charge in [0.25, 0.3) is 0 Å². The highest BCUT2D eigenvalue weighted by atomic mass is 79.9. The largest absolute Gasteiger partial charge is 0.455 e. The number of para-hydroxylation sites is 1. The molecule has 37 heavy (non-hydrogen) atoms. The lowest BCUT2D eigenvalue weighted by Gasteiger charge is -2.22. The highest BCUT2D eigenvalue weighted by Crippen LogP contribution is 2.32. The van der Waals surface area contributed by atoms with Crippen LogP contribution in [0, 0.1) is 0 Å². The van der Waals surface area contributed by atoms with Crippen molar-refractivity contribution in [3.05, 3.63) is 117 Å². The molecule has 0 aliphatic heterocycles. The number of rotatable bonds is 9. The third-order valence-electron chi connectivity index (χ3n) is 5.23. The van der Waals surface area contributed by atoms with E-state index in [0.29, 0.717) is 32.8 Å². The monoisotopic (exact) mass is 618 g/mol. The third-order valence-corrected chi connectivity index (χ3v) is 8.05. The summed E-state index contributed by atoms with van der Waals surface area (Å²) in [7, 11) is -4.04. The molecule has 1 N–H and O–H groups in total. The van der Waals surface area contributed by atoms with Crippen LogP contribution in [0.3, 0.4) is 0 Å². The maximum Gasteiger partial charge on any atom is 0.243 e. The maximum absolute atomic E-state index is 13.5. The Morgan fingerprint density at radius 2 is 1.51 bits per heavy atom. The van der Waals surface area contributed by atoms with Gasteiger partial charge >= 0.3 is 0 Å². The number of benzene rings is 4. The lowest BCUT2D eigenvalue weighted by Crippen LogP contribution is -2.37. The van der Waals surface area contributed by atoms with Crippen LogP contribution in [-0.2, 0) is 21.4 Å². The first-order chi connectivity index (χ1) is 17.7. The number of halogens is 3. The van der Waals surface area contributed by atoms with Gasteiger partial charge in [-0.25, -0.2) is 8.42 Å². The van der Waals surface area contributed by atoms with Gasteiger partial charge in [-0.1, -0.05) is 69.5 Å². The quantitative estimate of drug-likeness (QED) is 0.212. The van der Waals surface area contributed by atoms with Crippen molar-refractivity contribution in [3.8, 4) is 11.5 Å². The average Bonchev–Trinajstić information content (AvgIpc) is 2.87. The molecule has 0 unspecified atom stereocenters. The molecule has 0 aromatic heterocycles. The van der Waals surface area contributed by atoms with Crippen LogP contribution in [0.4, 0.5) is 5.69 Å². The molecule has 0 saturated heterocycles. The van der Waals surface area contributed by atoms with E-state index in [-0.39, 0.29) is 11.4 Å². The molecule has 0 aliphatic carbocycles. The summed E-state index contributed by atoms with van der Waals surface area (Å²) >= 11 is 15.5. The van der Waals surface area contributed by atoms with E-state index in [4.69, 9.17) is 27.9 Å². The molecule has 6 nitrogen and oxygen atoms in total. The molecule has 190 valence electrons. The highest BCUT2D eigenvalue weighted by molar-refractivity contribution is 9.10. The van der Waals surface area contributed by atoms with Crippen LogP contribution >= 0.6 is 39.1 Å². The van der Waals surface area contributed by atoms with Gasteiger partial charge in [-0.15, -0.1) is 0 Å². The minimum atomic E-state index is -4.04. The second-order valence-electron chi connectivity index (χ2n) is 7.96. The van der Waals surface area contributed by atoms with Crippen LogP contribution in [0.25, 0.3) is 0 Å². The lowest BCUT2D eigenvalue weighted by atomic mass is 10.2. The first-order valence-electron chi connectivity index (χ1n) is 11.0. The summed E-state index contributed by atoms with van der Waals surface area (Å²) in [6, 6.07) is 26.9. The van der Waals surface area contributed by atoms with Crippen molar-refractivity contribution >= 4 is 60.7 Å². The topological polar surface area (TPSA) is 75.7 Å². The zero-order valence-electron chi connectivity index (χ0n) is 19.3. The smallest absolute Gasteiger partial charge is 0.243 e. The van der Waals surface area contributed by atoms with Crippen molar-refractivity contribution in [3.63, 3.8) is 0 Å². The summed E-state index contributed by atoms with van der Waals surface area (Å²) in [5, 5.41) is 3.54. The fourth-order valence-corrected chi connectivity index (χ4v) is 5.38. The molecule has 0 fully saturated rings. The lowest BCUT2D eigenvalue weighted by molar-refractivity contribution is -0.116. The van der Waals surface area contributed by atoms with Gasteiger partial charge < -0.3 is 10.1 Å². The van der Waals surface area contributed by atoms with Gasteiger partial charge in [0, 0.05) is 21.1 Å².